The van der Waals surface area contributed by atoms with Crippen molar-refractivity contribution in [1.82, 2.24) is 0 Å². The number of unbranched alkanes of at least 4 members (excludes halogenated alkanes) is 9. The topological polar surface area (TPSA) is 69.4 Å². The number of esters is 1. The maximum atomic E-state index is 10.8. The number of nitrogens with zero attached hydrogens (tertiary/aromatic N) is 1. The van der Waals surface area contributed by atoms with Crippen molar-refractivity contribution in [3.05, 3.63) is 22.8 Å². The number of hydrogen-bond acceptors (Lipinski definition) is 4. The normalized spacial score (nSPS) is 10.2. The van der Waals surface area contributed by atoms with Crippen LogP contribution in [0.1, 0.15) is 64.2 Å². The average Bonchev–Trinajstić information content (AvgIpc) is 2.43. The highest BCUT2D eigenvalue weighted by Gasteiger charge is 1.98. The van der Waals surface area contributed by atoms with Crippen LogP contribution < -0.4 is 0 Å². The van der Waals surface area contributed by atoms with Crippen LogP contribution in [-0.4, -0.2) is 24.0 Å². The Hall–Kier alpha value is -1.39. The molecular formula is C15H27NO4. The molecule has 0 saturated carbocycles. The van der Waals surface area contributed by atoms with E-state index < -0.39 is 0 Å². The molecule has 0 rings (SSSR count). The molecule has 0 unspecified atom stereocenters. The number of hydrogen-bond donors (Lipinski definition) is 0. The van der Waals surface area contributed by atoms with E-state index in [1.807, 2.05) is 0 Å². The molecule has 0 heterocycles. The molecule has 0 N–H and O–H groups in total. The molecule has 0 atom stereocenters. The molecule has 0 bridgehead atoms. The van der Waals surface area contributed by atoms with Gasteiger partial charge in [0.05, 0.1) is 6.61 Å². The Kier molecular flexibility index (Phi) is 13.1. The lowest BCUT2D eigenvalue weighted by Gasteiger charge is -2.03. The van der Waals surface area contributed by atoms with E-state index in [1.54, 1.807) is 0 Å². The largest absolute Gasteiger partial charge is 0.463 e. The van der Waals surface area contributed by atoms with Crippen LogP contribution in [0.2, 0.25) is 0 Å². The molecule has 5 heteroatoms. The minimum atomic E-state index is -0.345. The molecular weight excluding hydrogens is 258 g/mol. The van der Waals surface area contributed by atoms with E-state index in [1.165, 1.54) is 38.2 Å². The summed E-state index contributed by atoms with van der Waals surface area (Å²) in [4.78, 5) is 20.6. The summed E-state index contributed by atoms with van der Waals surface area (Å²) in [5, 5.41) is 10.1. The number of ether oxygens (including phenoxy) is 1. The Morgan fingerprint density at radius 2 is 1.40 bits per heavy atom. The van der Waals surface area contributed by atoms with Gasteiger partial charge in [-0.2, -0.15) is 0 Å². The number of rotatable bonds is 14. The van der Waals surface area contributed by atoms with E-state index in [0.717, 1.165) is 25.7 Å². The van der Waals surface area contributed by atoms with Gasteiger partial charge in [0.15, 0.2) is 0 Å². The number of carbonyl (C=O) groups is 1. The van der Waals surface area contributed by atoms with E-state index in [2.05, 4.69) is 6.58 Å². The van der Waals surface area contributed by atoms with E-state index in [4.69, 9.17) is 4.74 Å². The van der Waals surface area contributed by atoms with Crippen molar-refractivity contribution >= 4 is 5.97 Å². The highest BCUT2D eigenvalue weighted by atomic mass is 16.6. The molecule has 0 aliphatic rings. The van der Waals surface area contributed by atoms with Gasteiger partial charge in [0.2, 0.25) is 6.54 Å². The van der Waals surface area contributed by atoms with Gasteiger partial charge in [0.1, 0.15) is 0 Å². The molecule has 116 valence electrons. The molecule has 0 aromatic rings. The molecule has 5 nitrogen and oxygen atoms in total. The Morgan fingerprint density at radius 3 is 1.85 bits per heavy atom. The minimum absolute atomic E-state index is 0.108. The maximum Gasteiger partial charge on any atom is 0.330 e. The zero-order valence-electron chi connectivity index (χ0n) is 12.3. The van der Waals surface area contributed by atoms with Crippen LogP contribution in [0, 0.1) is 10.1 Å². The van der Waals surface area contributed by atoms with Gasteiger partial charge in [0.25, 0.3) is 0 Å². The maximum absolute atomic E-state index is 10.8. The van der Waals surface area contributed by atoms with Crippen LogP contribution in [0.4, 0.5) is 0 Å². The summed E-state index contributed by atoms with van der Waals surface area (Å²) in [6.07, 6.45) is 12.0. The molecule has 0 fully saturated rings. The molecule has 0 amide bonds. The van der Waals surface area contributed by atoms with Gasteiger partial charge in [-0.05, 0) is 12.8 Å². The first kappa shape index (κ1) is 18.6. The SMILES string of the molecule is C=CC(=O)OCCCCCCCCCCCC[N+](=O)[O-]. The van der Waals surface area contributed by atoms with Crippen molar-refractivity contribution in [2.45, 2.75) is 64.2 Å². The van der Waals surface area contributed by atoms with Crippen LogP contribution in [-0.2, 0) is 9.53 Å². The molecule has 0 aromatic heterocycles. The first-order valence-electron chi connectivity index (χ1n) is 7.58. The fraction of sp³-hybridized carbons (Fsp3) is 0.800. The standard InChI is InChI=1S/C15H27NO4/c1-2-15(17)20-14-12-10-8-6-4-3-5-7-9-11-13-16(18)19/h2H,1,3-14H2. The predicted octanol–water partition coefficient (Wildman–Crippen LogP) is 3.89. The van der Waals surface area contributed by atoms with Crippen LogP contribution in [0.3, 0.4) is 0 Å². The zero-order valence-corrected chi connectivity index (χ0v) is 12.3. The third kappa shape index (κ3) is 14.7. The second kappa shape index (κ2) is 14.0. The summed E-state index contributed by atoms with van der Waals surface area (Å²) >= 11 is 0. The fourth-order valence-corrected chi connectivity index (χ4v) is 1.99. The van der Waals surface area contributed by atoms with Crippen LogP contribution in [0.5, 0.6) is 0 Å². The number of carbonyl (C=O) groups excluding carboxylic acids is 1. The van der Waals surface area contributed by atoms with Crippen LogP contribution in [0.15, 0.2) is 12.7 Å². The van der Waals surface area contributed by atoms with E-state index in [0.29, 0.717) is 13.0 Å². The lowest BCUT2D eigenvalue weighted by molar-refractivity contribution is -0.480. The Bertz CT molecular complexity index is 279. The van der Waals surface area contributed by atoms with Crippen LogP contribution >= 0.6 is 0 Å². The van der Waals surface area contributed by atoms with Crippen molar-refractivity contribution < 1.29 is 14.5 Å². The van der Waals surface area contributed by atoms with E-state index >= 15 is 0 Å². The third-order valence-corrected chi connectivity index (χ3v) is 3.15. The summed E-state index contributed by atoms with van der Waals surface area (Å²) in [6.45, 7) is 3.93. The summed E-state index contributed by atoms with van der Waals surface area (Å²) < 4.78 is 4.89. The van der Waals surface area contributed by atoms with Crippen molar-refractivity contribution in [2.24, 2.45) is 0 Å². The predicted molar refractivity (Wildman–Crippen MR) is 79.2 cm³/mol. The minimum Gasteiger partial charge on any atom is -0.463 e. The van der Waals surface area contributed by atoms with E-state index in [9.17, 15) is 14.9 Å². The second-order valence-corrected chi connectivity index (χ2v) is 4.96. The molecule has 20 heavy (non-hydrogen) atoms. The van der Waals surface area contributed by atoms with Gasteiger partial charge in [-0.1, -0.05) is 51.5 Å². The number of nitro groups is 1. The van der Waals surface area contributed by atoms with Gasteiger partial charge >= 0.3 is 5.97 Å². The fourth-order valence-electron chi connectivity index (χ4n) is 1.99. The van der Waals surface area contributed by atoms with Crippen LogP contribution in [0.25, 0.3) is 0 Å². The molecule has 0 spiro atoms. The highest BCUT2D eigenvalue weighted by Crippen LogP contribution is 2.10. The van der Waals surface area contributed by atoms with Gasteiger partial charge in [-0.15, -0.1) is 0 Å². The van der Waals surface area contributed by atoms with Crippen molar-refractivity contribution in [3.63, 3.8) is 0 Å². The van der Waals surface area contributed by atoms with Gasteiger partial charge in [-0.25, -0.2) is 4.79 Å². The summed E-state index contributed by atoms with van der Waals surface area (Å²) in [6, 6.07) is 0. The summed E-state index contributed by atoms with van der Waals surface area (Å²) in [5.41, 5.74) is 0. The second-order valence-electron chi connectivity index (χ2n) is 4.96. The summed E-state index contributed by atoms with van der Waals surface area (Å²) in [5.74, 6) is -0.345. The van der Waals surface area contributed by atoms with Crippen molar-refractivity contribution in [2.75, 3.05) is 13.2 Å². The third-order valence-electron chi connectivity index (χ3n) is 3.15. The Labute approximate surface area is 121 Å². The van der Waals surface area contributed by atoms with Gasteiger partial charge in [-0.3, -0.25) is 10.1 Å². The monoisotopic (exact) mass is 285 g/mol. The van der Waals surface area contributed by atoms with E-state index in [-0.39, 0.29) is 17.4 Å². The molecule has 0 aromatic carbocycles. The first-order valence-corrected chi connectivity index (χ1v) is 7.58. The molecule has 0 aliphatic heterocycles. The van der Waals surface area contributed by atoms with Gasteiger partial charge in [0, 0.05) is 17.4 Å². The zero-order chi connectivity index (χ0) is 15.1. The molecule has 0 radical (unpaired) electrons. The first-order chi connectivity index (χ1) is 9.66. The van der Waals surface area contributed by atoms with Crippen molar-refractivity contribution in [3.8, 4) is 0 Å². The lowest BCUT2D eigenvalue weighted by atomic mass is 10.1. The smallest absolute Gasteiger partial charge is 0.330 e. The van der Waals surface area contributed by atoms with Crippen molar-refractivity contribution in [1.29, 1.82) is 0 Å². The molecule has 0 saturated heterocycles. The highest BCUT2D eigenvalue weighted by molar-refractivity contribution is 5.81. The Morgan fingerprint density at radius 1 is 0.950 bits per heavy atom. The quantitative estimate of drug-likeness (QED) is 0.160. The molecule has 0 aliphatic carbocycles. The average molecular weight is 285 g/mol. The lowest BCUT2D eigenvalue weighted by Crippen LogP contribution is -2.01. The Balaban J connectivity index is 3.04. The van der Waals surface area contributed by atoms with Gasteiger partial charge < -0.3 is 4.74 Å². The summed E-state index contributed by atoms with van der Waals surface area (Å²) in [7, 11) is 0.